The van der Waals surface area contributed by atoms with Crippen molar-refractivity contribution in [3.63, 3.8) is 0 Å². The van der Waals surface area contributed by atoms with Gasteiger partial charge in [-0.1, -0.05) is 65.6 Å². The minimum absolute atomic E-state index is 0.0509. The van der Waals surface area contributed by atoms with E-state index >= 15 is 0 Å². The summed E-state index contributed by atoms with van der Waals surface area (Å²) >= 11 is 0. The van der Waals surface area contributed by atoms with E-state index in [0.29, 0.717) is 11.0 Å². The first-order chi connectivity index (χ1) is 9.19. The number of benzene rings is 2. The van der Waals surface area contributed by atoms with Crippen molar-refractivity contribution in [2.75, 3.05) is 0 Å². The molecule has 2 rings (SSSR count). The van der Waals surface area contributed by atoms with Gasteiger partial charge in [0.15, 0.2) is 5.78 Å². The van der Waals surface area contributed by atoms with E-state index in [1.54, 1.807) is 36.4 Å². The molecule has 0 spiro atoms. The molecule has 2 nitrogen and oxygen atoms in total. The number of carbonyl (C=O) groups is 1. The predicted octanol–water partition coefficient (Wildman–Crippen LogP) is 2.13. The number of allylic oxidation sites excluding steroid dienone is 1. The van der Waals surface area contributed by atoms with Gasteiger partial charge in [0.25, 0.3) is 0 Å². The van der Waals surface area contributed by atoms with Crippen LogP contribution in [0.25, 0.3) is 6.08 Å². The van der Waals surface area contributed by atoms with Gasteiger partial charge in [0.1, 0.15) is 0 Å². The lowest BCUT2D eigenvalue weighted by Crippen LogP contribution is -2.13. The molecule has 0 amide bonds. The van der Waals surface area contributed by atoms with E-state index in [1.807, 2.05) is 31.2 Å². The van der Waals surface area contributed by atoms with Gasteiger partial charge in [-0.05, 0) is 18.6 Å². The Morgan fingerprint density at radius 2 is 1.68 bits per heavy atom. The van der Waals surface area contributed by atoms with E-state index in [0.717, 1.165) is 13.0 Å². The highest BCUT2D eigenvalue weighted by Crippen LogP contribution is 2.07. The highest BCUT2D eigenvalue weighted by molar-refractivity contribution is 6.45. The summed E-state index contributed by atoms with van der Waals surface area (Å²) in [6.07, 6.45) is 3.36. The third-order valence-electron chi connectivity index (χ3n) is 2.85. The first kappa shape index (κ1) is 13.3. The highest BCUT2D eigenvalue weighted by atomic mass is 16.2. The third kappa shape index (κ3) is 3.67. The molecule has 0 aliphatic rings. The van der Waals surface area contributed by atoms with Crippen LogP contribution in [0, 0.1) is 6.92 Å². The second-order valence-electron chi connectivity index (χ2n) is 4.36. The van der Waals surface area contributed by atoms with E-state index in [4.69, 9.17) is 5.02 Å². The van der Waals surface area contributed by atoms with Gasteiger partial charge in [0.05, 0.1) is 0 Å². The van der Waals surface area contributed by atoms with Crippen molar-refractivity contribution in [3.05, 3.63) is 71.3 Å². The van der Waals surface area contributed by atoms with E-state index in [2.05, 4.69) is 0 Å². The molecule has 2 aromatic rings. The smallest absolute Gasteiger partial charge is 0.326 e. The molecule has 0 aromatic heterocycles. The maximum Gasteiger partial charge on any atom is 0.326 e. The van der Waals surface area contributed by atoms with Gasteiger partial charge in [-0.15, -0.1) is 0 Å². The fourth-order valence-electron chi connectivity index (χ4n) is 1.68. The summed E-state index contributed by atoms with van der Waals surface area (Å²) in [5.41, 5.74) is 3.48. The van der Waals surface area contributed by atoms with Crippen molar-refractivity contribution in [2.45, 2.75) is 6.92 Å². The standard InChI is InChI=1S/C16H14BO2/c1-12-2-4-13(5-3-12)6-11-16(18)14-7-9-15(17-19)10-8-14/h2-11,19H,1H3/b11-6+. The predicted molar refractivity (Wildman–Crippen MR) is 78.6 cm³/mol. The molecule has 0 heterocycles. The highest BCUT2D eigenvalue weighted by Gasteiger charge is 2.01. The second-order valence-corrected chi connectivity index (χ2v) is 4.36. The number of hydrogen-bond donors (Lipinski definition) is 1. The van der Waals surface area contributed by atoms with Crippen LogP contribution in [-0.4, -0.2) is 18.3 Å². The lowest BCUT2D eigenvalue weighted by molar-refractivity contribution is 0.104. The van der Waals surface area contributed by atoms with Gasteiger partial charge in [-0.25, -0.2) is 0 Å². The van der Waals surface area contributed by atoms with Crippen LogP contribution in [0.4, 0.5) is 0 Å². The van der Waals surface area contributed by atoms with Gasteiger partial charge >= 0.3 is 7.48 Å². The molecule has 1 radical (unpaired) electrons. The van der Waals surface area contributed by atoms with E-state index in [-0.39, 0.29) is 5.78 Å². The van der Waals surface area contributed by atoms with Crippen LogP contribution in [-0.2, 0) is 0 Å². The monoisotopic (exact) mass is 249 g/mol. The molecule has 3 heteroatoms. The summed E-state index contributed by atoms with van der Waals surface area (Å²) in [5.74, 6) is -0.0509. The van der Waals surface area contributed by atoms with Gasteiger partial charge in [-0.2, -0.15) is 0 Å². The molecule has 0 fully saturated rings. The summed E-state index contributed by atoms with van der Waals surface area (Å²) in [4.78, 5) is 11.9. The zero-order valence-corrected chi connectivity index (χ0v) is 10.7. The summed E-state index contributed by atoms with van der Waals surface area (Å²) in [5, 5.41) is 8.82. The number of ketones is 1. The second kappa shape index (κ2) is 6.16. The van der Waals surface area contributed by atoms with Crippen molar-refractivity contribution < 1.29 is 9.82 Å². The molecule has 0 saturated heterocycles. The lowest BCUT2D eigenvalue weighted by Gasteiger charge is -1.98. The number of carbonyl (C=O) groups excluding carboxylic acids is 1. The Kier molecular flexibility index (Phi) is 4.32. The Balaban J connectivity index is 2.09. The first-order valence-electron chi connectivity index (χ1n) is 6.05. The first-order valence-corrected chi connectivity index (χ1v) is 6.05. The molecule has 0 saturated carbocycles. The Bertz CT molecular complexity index is 583. The average Bonchev–Trinajstić information content (AvgIpc) is 2.46. The number of aryl methyl sites for hydroxylation is 1. The van der Waals surface area contributed by atoms with Gasteiger partial charge in [0.2, 0.25) is 0 Å². The minimum Gasteiger partial charge on any atom is -0.450 e. The zero-order valence-electron chi connectivity index (χ0n) is 10.7. The molecule has 0 aliphatic carbocycles. The fourth-order valence-corrected chi connectivity index (χ4v) is 1.68. The molecule has 2 aromatic carbocycles. The van der Waals surface area contributed by atoms with Crippen LogP contribution in [0.15, 0.2) is 54.6 Å². The molecule has 0 atom stereocenters. The topological polar surface area (TPSA) is 37.3 Å². The maximum absolute atomic E-state index is 11.9. The number of rotatable bonds is 4. The molecular formula is C16H14BO2. The van der Waals surface area contributed by atoms with E-state index < -0.39 is 0 Å². The van der Waals surface area contributed by atoms with Crippen molar-refractivity contribution >= 4 is 24.8 Å². The summed E-state index contributed by atoms with van der Waals surface area (Å²) in [6.45, 7) is 2.03. The molecule has 1 N–H and O–H groups in total. The van der Waals surface area contributed by atoms with Gasteiger partial charge < -0.3 is 5.02 Å². The Hall–Kier alpha value is -2.13. The molecule has 0 bridgehead atoms. The zero-order chi connectivity index (χ0) is 13.7. The minimum atomic E-state index is -0.0509. The van der Waals surface area contributed by atoms with Crippen LogP contribution < -0.4 is 5.46 Å². The van der Waals surface area contributed by atoms with Gasteiger partial charge in [-0.3, -0.25) is 4.79 Å². The van der Waals surface area contributed by atoms with Crippen molar-refractivity contribution in [2.24, 2.45) is 0 Å². The van der Waals surface area contributed by atoms with E-state index in [1.165, 1.54) is 5.56 Å². The summed E-state index contributed by atoms with van der Waals surface area (Å²) in [7, 11) is 1.01. The Morgan fingerprint density at radius 3 is 2.26 bits per heavy atom. The van der Waals surface area contributed by atoms with Crippen LogP contribution in [0.3, 0.4) is 0 Å². The quantitative estimate of drug-likeness (QED) is 0.512. The largest absolute Gasteiger partial charge is 0.450 e. The molecule has 19 heavy (non-hydrogen) atoms. The molecule has 0 unspecified atom stereocenters. The molecular weight excluding hydrogens is 235 g/mol. The van der Waals surface area contributed by atoms with E-state index in [9.17, 15) is 4.79 Å². The Labute approximate surface area is 113 Å². The van der Waals surface area contributed by atoms with Crippen molar-refractivity contribution in [3.8, 4) is 0 Å². The molecule has 93 valence electrons. The fraction of sp³-hybridized carbons (Fsp3) is 0.0625. The summed E-state index contributed by atoms with van der Waals surface area (Å²) < 4.78 is 0. The lowest BCUT2D eigenvalue weighted by atomic mass is 9.88. The Morgan fingerprint density at radius 1 is 1.05 bits per heavy atom. The SMILES string of the molecule is Cc1ccc(/C=C/C(=O)c2ccc([B]O)cc2)cc1. The third-order valence-corrected chi connectivity index (χ3v) is 2.85. The van der Waals surface area contributed by atoms with Gasteiger partial charge in [0, 0.05) is 5.56 Å². The van der Waals surface area contributed by atoms with Crippen LogP contribution in [0.5, 0.6) is 0 Å². The maximum atomic E-state index is 11.9. The summed E-state index contributed by atoms with van der Waals surface area (Å²) in [6, 6.07) is 14.8. The average molecular weight is 249 g/mol. The van der Waals surface area contributed by atoms with Crippen molar-refractivity contribution in [1.29, 1.82) is 0 Å². The van der Waals surface area contributed by atoms with Crippen LogP contribution in [0.2, 0.25) is 0 Å². The molecule has 0 aliphatic heterocycles. The number of hydrogen-bond acceptors (Lipinski definition) is 2. The van der Waals surface area contributed by atoms with Crippen LogP contribution >= 0.6 is 0 Å². The van der Waals surface area contributed by atoms with Crippen LogP contribution in [0.1, 0.15) is 21.5 Å². The van der Waals surface area contributed by atoms with Crippen molar-refractivity contribution in [1.82, 2.24) is 0 Å². The normalized spacial score (nSPS) is 10.6.